The molecule has 96 valence electrons. The summed E-state index contributed by atoms with van der Waals surface area (Å²) in [7, 11) is -2.93. The number of benzene rings is 1. The van der Waals surface area contributed by atoms with Crippen LogP contribution in [0.2, 0.25) is 0 Å². The minimum absolute atomic E-state index is 0.123. The summed E-state index contributed by atoms with van der Waals surface area (Å²) in [4.78, 5) is 0. The predicted octanol–water partition coefficient (Wildman–Crippen LogP) is 1.49. The average Bonchev–Trinajstić information content (AvgIpc) is 2.21. The molecule has 1 N–H and O–H groups in total. The van der Waals surface area contributed by atoms with Crippen molar-refractivity contribution >= 4 is 9.84 Å². The van der Waals surface area contributed by atoms with Crippen LogP contribution in [-0.2, 0) is 16.4 Å². The first-order valence-electron chi connectivity index (χ1n) is 5.21. The lowest BCUT2D eigenvalue weighted by atomic mass is 10.2. The molecular formula is C11H15F2NO2S. The Hall–Kier alpha value is -1.01. The Labute approximate surface area is 99.8 Å². The van der Waals surface area contributed by atoms with Crippen LogP contribution in [0.1, 0.15) is 12.0 Å². The van der Waals surface area contributed by atoms with E-state index in [2.05, 4.69) is 5.32 Å². The van der Waals surface area contributed by atoms with Gasteiger partial charge < -0.3 is 5.32 Å². The first-order valence-corrected chi connectivity index (χ1v) is 7.27. The lowest BCUT2D eigenvalue weighted by Gasteiger charge is -2.04. The Morgan fingerprint density at radius 3 is 2.53 bits per heavy atom. The maximum atomic E-state index is 12.8. The van der Waals surface area contributed by atoms with Crippen molar-refractivity contribution in [2.24, 2.45) is 0 Å². The van der Waals surface area contributed by atoms with E-state index in [0.29, 0.717) is 25.1 Å². The number of rotatable bonds is 6. The maximum absolute atomic E-state index is 12.8. The monoisotopic (exact) mass is 263 g/mol. The molecule has 0 bridgehead atoms. The second kappa shape index (κ2) is 6.07. The second-order valence-electron chi connectivity index (χ2n) is 3.91. The Morgan fingerprint density at radius 2 is 1.94 bits per heavy atom. The Bertz CT molecular complexity index is 474. The van der Waals surface area contributed by atoms with E-state index in [4.69, 9.17) is 0 Å². The zero-order chi connectivity index (χ0) is 12.9. The summed E-state index contributed by atoms with van der Waals surface area (Å²) in [6.45, 7) is 0.910. The van der Waals surface area contributed by atoms with Gasteiger partial charge in [0.2, 0.25) is 0 Å². The van der Waals surface area contributed by atoms with Crippen molar-refractivity contribution in [3.8, 4) is 0 Å². The molecule has 0 unspecified atom stereocenters. The quantitative estimate of drug-likeness (QED) is 0.791. The van der Waals surface area contributed by atoms with Crippen molar-refractivity contribution in [3.05, 3.63) is 35.4 Å². The second-order valence-corrected chi connectivity index (χ2v) is 6.17. The molecule has 3 nitrogen and oxygen atoms in total. The van der Waals surface area contributed by atoms with E-state index in [1.807, 2.05) is 0 Å². The van der Waals surface area contributed by atoms with E-state index in [-0.39, 0.29) is 5.75 Å². The molecule has 1 rings (SSSR count). The van der Waals surface area contributed by atoms with Crippen molar-refractivity contribution < 1.29 is 17.2 Å². The van der Waals surface area contributed by atoms with E-state index < -0.39 is 21.5 Å². The summed E-state index contributed by atoms with van der Waals surface area (Å²) in [5.74, 6) is -1.62. The molecule has 0 heterocycles. The molecule has 0 atom stereocenters. The van der Waals surface area contributed by atoms with E-state index in [0.717, 1.165) is 12.1 Å². The number of nitrogens with one attached hydrogen (secondary N) is 1. The summed E-state index contributed by atoms with van der Waals surface area (Å²) in [6, 6.07) is 3.68. The summed E-state index contributed by atoms with van der Waals surface area (Å²) in [5.41, 5.74) is 0.628. The average molecular weight is 263 g/mol. The Kier molecular flexibility index (Phi) is 5.02. The van der Waals surface area contributed by atoms with Gasteiger partial charge in [-0.05, 0) is 30.7 Å². The highest BCUT2D eigenvalue weighted by atomic mass is 32.2. The van der Waals surface area contributed by atoms with Crippen molar-refractivity contribution in [2.75, 3.05) is 18.6 Å². The van der Waals surface area contributed by atoms with E-state index in [1.165, 1.54) is 12.3 Å². The summed E-state index contributed by atoms with van der Waals surface area (Å²) >= 11 is 0. The van der Waals surface area contributed by atoms with Crippen LogP contribution in [0.25, 0.3) is 0 Å². The van der Waals surface area contributed by atoms with Crippen LogP contribution in [-0.4, -0.2) is 27.0 Å². The number of hydrogen-bond donors (Lipinski definition) is 1. The Morgan fingerprint density at radius 1 is 1.24 bits per heavy atom. The molecule has 1 aromatic rings. The van der Waals surface area contributed by atoms with Gasteiger partial charge >= 0.3 is 0 Å². The lowest BCUT2D eigenvalue weighted by molar-refractivity contribution is 0.506. The largest absolute Gasteiger partial charge is 0.313 e. The zero-order valence-electron chi connectivity index (χ0n) is 9.54. The fraction of sp³-hybridized carbons (Fsp3) is 0.455. The maximum Gasteiger partial charge on any atom is 0.159 e. The van der Waals surface area contributed by atoms with Gasteiger partial charge in [0.1, 0.15) is 9.84 Å². The summed E-state index contributed by atoms with van der Waals surface area (Å²) in [6.07, 6.45) is 1.69. The Balaban J connectivity index is 2.29. The van der Waals surface area contributed by atoms with Crippen LogP contribution in [0.5, 0.6) is 0 Å². The first-order chi connectivity index (χ1) is 7.88. The van der Waals surface area contributed by atoms with Gasteiger partial charge in [0.25, 0.3) is 0 Å². The molecule has 0 saturated heterocycles. The highest BCUT2D eigenvalue weighted by Gasteiger charge is 2.03. The molecule has 0 fully saturated rings. The van der Waals surface area contributed by atoms with Crippen molar-refractivity contribution in [2.45, 2.75) is 13.0 Å². The third kappa shape index (κ3) is 5.74. The summed E-state index contributed by atoms with van der Waals surface area (Å²) < 4.78 is 47.1. The van der Waals surface area contributed by atoms with Gasteiger partial charge in [-0.25, -0.2) is 17.2 Å². The molecule has 0 aliphatic heterocycles. The molecule has 0 amide bonds. The minimum Gasteiger partial charge on any atom is -0.313 e. The van der Waals surface area contributed by atoms with Gasteiger partial charge in [-0.15, -0.1) is 0 Å². The van der Waals surface area contributed by atoms with Gasteiger partial charge in [-0.2, -0.15) is 0 Å². The van der Waals surface area contributed by atoms with Crippen LogP contribution < -0.4 is 5.32 Å². The molecule has 0 spiro atoms. The van der Waals surface area contributed by atoms with Crippen LogP contribution in [0.4, 0.5) is 8.78 Å². The standard InChI is InChI=1S/C11H15F2NO2S/c1-17(15,16)6-2-5-14-8-9-3-4-10(12)11(13)7-9/h3-4,7,14H,2,5-6,8H2,1H3. The van der Waals surface area contributed by atoms with Gasteiger partial charge in [0.15, 0.2) is 11.6 Å². The molecule has 1 aromatic carbocycles. The number of sulfone groups is 1. The molecule has 0 aliphatic rings. The third-order valence-corrected chi connectivity index (χ3v) is 3.21. The molecule has 0 aliphatic carbocycles. The lowest BCUT2D eigenvalue weighted by Crippen LogP contribution is -2.18. The van der Waals surface area contributed by atoms with Crippen molar-refractivity contribution in [1.82, 2.24) is 5.32 Å². The smallest absolute Gasteiger partial charge is 0.159 e. The van der Waals surface area contributed by atoms with Gasteiger partial charge in [0, 0.05) is 12.8 Å². The van der Waals surface area contributed by atoms with Crippen LogP contribution in [0.3, 0.4) is 0 Å². The highest BCUT2D eigenvalue weighted by molar-refractivity contribution is 7.90. The molecule has 17 heavy (non-hydrogen) atoms. The molecular weight excluding hydrogens is 248 g/mol. The topological polar surface area (TPSA) is 46.2 Å². The van der Waals surface area contributed by atoms with Crippen LogP contribution >= 0.6 is 0 Å². The van der Waals surface area contributed by atoms with Crippen molar-refractivity contribution in [3.63, 3.8) is 0 Å². The predicted molar refractivity (Wildman–Crippen MR) is 62.4 cm³/mol. The van der Waals surface area contributed by atoms with Crippen LogP contribution in [0, 0.1) is 11.6 Å². The molecule has 0 aromatic heterocycles. The van der Waals surface area contributed by atoms with E-state index in [1.54, 1.807) is 0 Å². The SMILES string of the molecule is CS(=O)(=O)CCCNCc1ccc(F)c(F)c1. The van der Waals surface area contributed by atoms with Crippen molar-refractivity contribution in [1.29, 1.82) is 0 Å². The zero-order valence-corrected chi connectivity index (χ0v) is 10.4. The van der Waals surface area contributed by atoms with Gasteiger partial charge in [-0.1, -0.05) is 6.07 Å². The number of hydrogen-bond acceptors (Lipinski definition) is 3. The number of halogens is 2. The fourth-order valence-electron chi connectivity index (χ4n) is 1.34. The van der Waals surface area contributed by atoms with E-state index >= 15 is 0 Å². The normalized spacial score (nSPS) is 11.7. The van der Waals surface area contributed by atoms with Gasteiger partial charge in [-0.3, -0.25) is 0 Å². The van der Waals surface area contributed by atoms with Gasteiger partial charge in [0.05, 0.1) is 5.75 Å². The fourth-order valence-corrected chi connectivity index (χ4v) is 2.01. The summed E-state index contributed by atoms with van der Waals surface area (Å²) in [5, 5.41) is 2.97. The first kappa shape index (κ1) is 14.1. The third-order valence-electron chi connectivity index (χ3n) is 2.18. The molecule has 6 heteroatoms. The molecule has 0 radical (unpaired) electrons. The minimum atomic E-state index is -2.93. The van der Waals surface area contributed by atoms with Crippen LogP contribution in [0.15, 0.2) is 18.2 Å². The molecule has 0 saturated carbocycles. The van der Waals surface area contributed by atoms with E-state index in [9.17, 15) is 17.2 Å². The highest BCUT2D eigenvalue weighted by Crippen LogP contribution is 2.08.